The zero-order valence-corrected chi connectivity index (χ0v) is 34.3. The summed E-state index contributed by atoms with van der Waals surface area (Å²) in [7, 11) is 0. The van der Waals surface area contributed by atoms with E-state index in [0.717, 1.165) is 56.9 Å². The number of nitrogens with one attached hydrogen (secondary N) is 1. The SMILES string of the molecule is CC(C)c1cc(-c2n[nH]c(=O)n2-c2ccc(CC3CCN(C(=O)O[C@H]4CCC5(C)C(=CCC6[C@@H]5CCC5(C)C(c7cccnc7)=CC[C@@H]65)C4)CC3)cc2)c(O)cc1O. The van der Waals surface area contributed by atoms with Crippen LogP contribution in [0.25, 0.3) is 22.6 Å². The molecule has 304 valence electrons. The molecular weight excluding hydrogens is 727 g/mol. The van der Waals surface area contributed by atoms with E-state index in [0.29, 0.717) is 53.6 Å². The second kappa shape index (κ2) is 14.9. The van der Waals surface area contributed by atoms with Crippen LogP contribution in [0.1, 0.15) is 108 Å². The molecule has 0 radical (unpaired) electrons. The molecule has 4 aliphatic carbocycles. The van der Waals surface area contributed by atoms with Crippen molar-refractivity contribution < 1.29 is 19.7 Å². The Bertz CT molecular complexity index is 2300. The minimum absolute atomic E-state index is 0.00476. The summed E-state index contributed by atoms with van der Waals surface area (Å²) in [5.41, 5.74) is 7.12. The van der Waals surface area contributed by atoms with E-state index in [1.165, 1.54) is 40.2 Å². The summed E-state index contributed by atoms with van der Waals surface area (Å²) in [5.74, 6) is 2.62. The molecule has 2 aromatic heterocycles. The van der Waals surface area contributed by atoms with Gasteiger partial charge in [-0.05, 0) is 145 Å². The highest BCUT2D eigenvalue weighted by atomic mass is 16.6. The van der Waals surface area contributed by atoms with Gasteiger partial charge in [0.15, 0.2) is 5.82 Å². The predicted octanol–water partition coefficient (Wildman–Crippen LogP) is 9.57. The Morgan fingerprint density at radius 3 is 2.47 bits per heavy atom. The molecule has 1 amide bonds. The molecule has 1 aliphatic heterocycles. The lowest BCUT2D eigenvalue weighted by molar-refractivity contribution is -0.0302. The number of carbonyl (C=O) groups is 1. The fraction of sp³-hybridized carbons (Fsp3) is 0.500. The Balaban J connectivity index is 0.785. The minimum atomic E-state index is -0.415. The fourth-order valence-electron chi connectivity index (χ4n) is 11.9. The Morgan fingerprint density at radius 2 is 1.72 bits per heavy atom. The van der Waals surface area contributed by atoms with Crippen molar-refractivity contribution in [3.63, 3.8) is 0 Å². The quantitative estimate of drug-likeness (QED) is 0.159. The molecule has 58 heavy (non-hydrogen) atoms. The number of phenolic OH excluding ortho intramolecular Hbond substituents is 2. The zero-order valence-electron chi connectivity index (χ0n) is 34.3. The number of allylic oxidation sites excluding steroid dienone is 3. The Kier molecular flexibility index (Phi) is 9.88. The van der Waals surface area contributed by atoms with Gasteiger partial charge in [-0.1, -0.05) is 63.6 Å². The van der Waals surface area contributed by atoms with E-state index in [1.54, 1.807) is 6.07 Å². The van der Waals surface area contributed by atoms with Crippen LogP contribution in [-0.2, 0) is 11.2 Å². The van der Waals surface area contributed by atoms with E-state index >= 15 is 0 Å². The second-order valence-corrected chi connectivity index (χ2v) is 18.6. The first-order chi connectivity index (χ1) is 27.9. The number of rotatable bonds is 7. The normalized spacial score (nSPS) is 28.3. The molecule has 2 aromatic carbocycles. The van der Waals surface area contributed by atoms with Gasteiger partial charge in [-0.3, -0.25) is 4.98 Å². The lowest BCUT2D eigenvalue weighted by Crippen LogP contribution is -2.50. The van der Waals surface area contributed by atoms with Gasteiger partial charge in [-0.2, -0.15) is 5.10 Å². The molecule has 3 unspecified atom stereocenters. The number of aromatic hydroxyl groups is 2. The topological polar surface area (TPSA) is 134 Å². The number of aromatic amines is 1. The number of ether oxygens (including phenoxy) is 1. The van der Waals surface area contributed by atoms with Crippen LogP contribution in [-0.4, -0.2) is 60.1 Å². The zero-order chi connectivity index (χ0) is 40.3. The van der Waals surface area contributed by atoms with Crippen LogP contribution in [0.15, 0.2) is 83.4 Å². The van der Waals surface area contributed by atoms with E-state index in [9.17, 15) is 19.8 Å². The molecule has 0 bridgehead atoms. The number of H-pyrrole nitrogens is 1. The number of hydrogen-bond donors (Lipinski definition) is 3. The number of aromatic nitrogens is 4. The van der Waals surface area contributed by atoms with Gasteiger partial charge in [0.25, 0.3) is 0 Å². The fourth-order valence-corrected chi connectivity index (χ4v) is 11.9. The van der Waals surface area contributed by atoms with Gasteiger partial charge in [0.2, 0.25) is 0 Å². The maximum Gasteiger partial charge on any atom is 0.410 e. The first-order valence-corrected chi connectivity index (χ1v) is 21.5. The van der Waals surface area contributed by atoms with E-state index in [1.807, 2.05) is 55.4 Å². The second-order valence-electron chi connectivity index (χ2n) is 18.6. The Labute approximate surface area is 341 Å². The summed E-state index contributed by atoms with van der Waals surface area (Å²) in [6.07, 6.45) is 19.1. The molecule has 6 atom stereocenters. The number of fused-ring (bicyclic) bond motifs is 5. The lowest BCUT2D eigenvalue weighted by atomic mass is 9.47. The number of nitrogens with zero attached hydrogens (tertiary/aromatic N) is 4. The average molecular weight is 784 g/mol. The molecular formula is C48H57N5O5. The van der Waals surface area contributed by atoms with Crippen molar-refractivity contribution >= 4 is 11.7 Å². The highest BCUT2D eigenvalue weighted by molar-refractivity contribution is 5.73. The number of likely N-dealkylation sites (tertiary alicyclic amines) is 1. The summed E-state index contributed by atoms with van der Waals surface area (Å²) >= 11 is 0. The maximum absolute atomic E-state index is 13.5. The Hall–Kier alpha value is -5.12. The predicted molar refractivity (Wildman–Crippen MR) is 225 cm³/mol. The molecule has 3 heterocycles. The summed E-state index contributed by atoms with van der Waals surface area (Å²) in [6.45, 7) is 10.3. The summed E-state index contributed by atoms with van der Waals surface area (Å²) < 4.78 is 7.70. The van der Waals surface area contributed by atoms with E-state index in [-0.39, 0.29) is 46.3 Å². The molecule has 10 nitrogen and oxygen atoms in total. The highest BCUT2D eigenvalue weighted by Crippen LogP contribution is 2.66. The van der Waals surface area contributed by atoms with Crippen LogP contribution in [0.4, 0.5) is 4.79 Å². The number of phenols is 2. The number of piperidine rings is 1. The molecule has 5 aliphatic rings. The highest BCUT2D eigenvalue weighted by Gasteiger charge is 2.57. The number of pyridine rings is 1. The molecule has 1 saturated heterocycles. The molecule has 10 heteroatoms. The van der Waals surface area contributed by atoms with Crippen LogP contribution in [0.3, 0.4) is 0 Å². The summed E-state index contributed by atoms with van der Waals surface area (Å²) in [6, 6.07) is 15.1. The molecule has 3 N–H and O–H groups in total. The van der Waals surface area contributed by atoms with Crippen molar-refractivity contribution in [2.75, 3.05) is 13.1 Å². The van der Waals surface area contributed by atoms with Gasteiger partial charge in [-0.25, -0.2) is 19.3 Å². The molecule has 9 rings (SSSR count). The van der Waals surface area contributed by atoms with Crippen LogP contribution in [0.5, 0.6) is 11.5 Å². The van der Waals surface area contributed by atoms with Crippen LogP contribution < -0.4 is 5.69 Å². The van der Waals surface area contributed by atoms with Gasteiger partial charge in [-0.15, -0.1) is 0 Å². The number of hydrogen-bond acceptors (Lipinski definition) is 7. The average Bonchev–Trinajstić information content (AvgIpc) is 3.78. The van der Waals surface area contributed by atoms with Crippen LogP contribution >= 0.6 is 0 Å². The van der Waals surface area contributed by atoms with E-state index in [2.05, 4.69) is 53.3 Å². The van der Waals surface area contributed by atoms with Gasteiger partial charge < -0.3 is 19.8 Å². The first-order valence-electron chi connectivity index (χ1n) is 21.5. The van der Waals surface area contributed by atoms with Crippen molar-refractivity contribution in [3.05, 3.63) is 106 Å². The third-order valence-corrected chi connectivity index (χ3v) is 15.2. The third-order valence-electron chi connectivity index (χ3n) is 15.2. The summed E-state index contributed by atoms with van der Waals surface area (Å²) in [5, 5.41) is 27.7. The van der Waals surface area contributed by atoms with Crippen molar-refractivity contribution in [2.24, 2.45) is 34.5 Å². The minimum Gasteiger partial charge on any atom is -0.508 e. The van der Waals surface area contributed by atoms with Gasteiger partial charge in [0, 0.05) is 38.0 Å². The first kappa shape index (κ1) is 38.4. The number of amides is 1. The smallest absolute Gasteiger partial charge is 0.410 e. The largest absolute Gasteiger partial charge is 0.508 e. The van der Waals surface area contributed by atoms with E-state index in [4.69, 9.17) is 4.74 Å². The van der Waals surface area contributed by atoms with E-state index < -0.39 is 5.69 Å². The van der Waals surface area contributed by atoms with Gasteiger partial charge >= 0.3 is 11.8 Å². The van der Waals surface area contributed by atoms with Crippen molar-refractivity contribution in [2.45, 2.75) is 104 Å². The van der Waals surface area contributed by atoms with Gasteiger partial charge in [0.05, 0.1) is 11.3 Å². The van der Waals surface area contributed by atoms with Crippen LogP contribution in [0.2, 0.25) is 0 Å². The maximum atomic E-state index is 13.5. The molecule has 0 spiro atoms. The number of benzene rings is 2. The molecule has 3 fully saturated rings. The van der Waals surface area contributed by atoms with Gasteiger partial charge in [0.1, 0.15) is 17.6 Å². The van der Waals surface area contributed by atoms with Crippen LogP contribution in [0, 0.1) is 34.5 Å². The van der Waals surface area contributed by atoms with Crippen molar-refractivity contribution in [3.8, 4) is 28.6 Å². The standard InChI is InChI=1S/C48H57N5O5/c1-29(2)37-26-38(43(55)27-42(37)54)44-50-51-45(56)53(44)34-10-7-30(8-11-34)24-31-17-22-52(23-18-31)46(57)58-35-15-19-47(3)33(25-35)9-12-36-40-14-13-39(32-6-5-21-49-28-32)48(40,4)20-16-41(36)47/h5-11,13,21,26-29,31,35-36,40-41,54-55H,12,14-20,22-25H2,1-4H3,(H,51,56)/t35-,36?,40-,41-,47?,48?/m0/s1. The summed E-state index contributed by atoms with van der Waals surface area (Å²) in [4.78, 5) is 32.8. The van der Waals surface area contributed by atoms with Crippen molar-refractivity contribution in [1.82, 2.24) is 24.6 Å². The van der Waals surface area contributed by atoms with Crippen molar-refractivity contribution in [1.29, 1.82) is 0 Å². The molecule has 2 saturated carbocycles. The third kappa shape index (κ3) is 6.66. The molecule has 4 aromatic rings. The lowest BCUT2D eigenvalue weighted by Gasteiger charge is -2.58. The number of carbonyl (C=O) groups excluding carboxylic acids is 1. The monoisotopic (exact) mass is 783 g/mol. The Morgan fingerprint density at radius 1 is 0.948 bits per heavy atom.